The quantitative estimate of drug-likeness (QED) is 0.331. The van der Waals surface area contributed by atoms with E-state index in [4.69, 9.17) is 46.4 Å². The summed E-state index contributed by atoms with van der Waals surface area (Å²) in [7, 11) is -3.85. The average Bonchev–Trinajstić information content (AvgIpc) is 3.27. The van der Waals surface area contributed by atoms with Crippen LogP contribution in [0.25, 0.3) is 0 Å². The lowest BCUT2D eigenvalue weighted by molar-refractivity contribution is 0.425. The first-order valence-electron chi connectivity index (χ1n) is 10.2. The fourth-order valence-electron chi connectivity index (χ4n) is 4.55. The van der Waals surface area contributed by atoms with Crippen molar-refractivity contribution in [3.63, 3.8) is 0 Å². The third-order valence-corrected chi connectivity index (χ3v) is 8.77. The molecule has 0 spiro atoms. The van der Waals surface area contributed by atoms with Crippen LogP contribution in [0.4, 0.5) is 11.4 Å². The van der Waals surface area contributed by atoms with Crippen molar-refractivity contribution in [3.05, 3.63) is 98.0 Å². The summed E-state index contributed by atoms with van der Waals surface area (Å²) < 4.78 is 28.8. The Bertz CT molecular complexity index is 1390. The molecule has 170 valence electrons. The smallest absolute Gasteiger partial charge is 0.261 e. The predicted octanol–water partition coefficient (Wildman–Crippen LogP) is 7.93. The van der Waals surface area contributed by atoms with Crippen LogP contribution in [0.2, 0.25) is 20.1 Å². The summed E-state index contributed by atoms with van der Waals surface area (Å²) in [5.74, 6) is 0.307. The van der Waals surface area contributed by atoms with Gasteiger partial charge in [-0.2, -0.15) is 0 Å². The first kappa shape index (κ1) is 22.9. The van der Waals surface area contributed by atoms with Crippen molar-refractivity contribution >= 4 is 67.8 Å². The van der Waals surface area contributed by atoms with E-state index in [2.05, 4.69) is 22.2 Å². The van der Waals surface area contributed by atoms with Crippen molar-refractivity contribution in [2.24, 2.45) is 5.92 Å². The van der Waals surface area contributed by atoms with Gasteiger partial charge in [0.15, 0.2) is 0 Å². The molecule has 2 aliphatic rings. The monoisotopic (exact) mass is 538 g/mol. The van der Waals surface area contributed by atoms with Gasteiger partial charge in [-0.25, -0.2) is 8.42 Å². The number of nitrogens with one attached hydrogen (secondary N) is 2. The lowest BCUT2D eigenvalue weighted by Gasteiger charge is -2.37. The highest BCUT2D eigenvalue weighted by atomic mass is 35.5. The van der Waals surface area contributed by atoms with E-state index < -0.39 is 10.0 Å². The molecule has 0 saturated carbocycles. The van der Waals surface area contributed by atoms with Crippen molar-refractivity contribution in [1.29, 1.82) is 0 Å². The Morgan fingerprint density at radius 1 is 0.879 bits per heavy atom. The molecule has 0 saturated heterocycles. The van der Waals surface area contributed by atoms with E-state index in [9.17, 15) is 8.42 Å². The van der Waals surface area contributed by atoms with Crippen LogP contribution in [0.5, 0.6) is 0 Å². The minimum absolute atomic E-state index is 0.0284. The molecule has 1 aliphatic heterocycles. The van der Waals surface area contributed by atoms with Crippen LogP contribution in [0.15, 0.2) is 71.6 Å². The zero-order valence-electron chi connectivity index (χ0n) is 17.0. The van der Waals surface area contributed by atoms with Crippen LogP contribution in [0.3, 0.4) is 0 Å². The highest BCUT2D eigenvalue weighted by Crippen LogP contribution is 2.50. The second-order valence-corrected chi connectivity index (χ2v) is 11.5. The van der Waals surface area contributed by atoms with Gasteiger partial charge in [0.25, 0.3) is 10.0 Å². The summed E-state index contributed by atoms with van der Waals surface area (Å²) >= 11 is 24.5. The van der Waals surface area contributed by atoms with Gasteiger partial charge in [0, 0.05) is 16.6 Å². The number of halogens is 4. The number of allylic oxidation sites excluding steroid dienone is 2. The summed E-state index contributed by atoms with van der Waals surface area (Å²) in [6.45, 7) is 0. The Labute approximate surface area is 212 Å². The van der Waals surface area contributed by atoms with Crippen molar-refractivity contribution in [3.8, 4) is 0 Å². The zero-order chi connectivity index (χ0) is 23.3. The van der Waals surface area contributed by atoms with Gasteiger partial charge in [-0.05, 0) is 72.0 Å². The first-order chi connectivity index (χ1) is 15.7. The fraction of sp³-hybridized carbons (Fsp3) is 0.167. The van der Waals surface area contributed by atoms with Gasteiger partial charge >= 0.3 is 0 Å². The second-order valence-electron chi connectivity index (χ2n) is 8.13. The molecule has 5 rings (SSSR count). The Morgan fingerprint density at radius 3 is 2.45 bits per heavy atom. The largest absolute Gasteiger partial charge is 0.378 e. The standard InChI is InChI=1S/C24H18Cl4N2O2S/c25-14-5-8-23(21(28)11-14)30-33(31,32)15-6-9-22-18(12-15)16-2-1-3-17(16)24(29-22)13-4-7-19(26)20(27)10-13/h1-2,4-12,16-17,24,29-30H,3H2/t16-,17+,24+/m0/s1. The van der Waals surface area contributed by atoms with E-state index in [1.54, 1.807) is 36.4 Å². The molecule has 0 bridgehead atoms. The average molecular weight is 540 g/mol. The van der Waals surface area contributed by atoms with Crippen LogP contribution in [-0.4, -0.2) is 8.42 Å². The minimum Gasteiger partial charge on any atom is -0.378 e. The summed E-state index contributed by atoms with van der Waals surface area (Å²) in [6, 6.07) is 15.4. The van der Waals surface area contributed by atoms with Crippen molar-refractivity contribution in [2.75, 3.05) is 10.0 Å². The normalized spacial score (nSPS) is 21.3. The third-order valence-electron chi connectivity index (χ3n) is 6.12. The molecule has 0 fully saturated rings. The van der Waals surface area contributed by atoms with Gasteiger partial charge in [0.05, 0.1) is 31.7 Å². The van der Waals surface area contributed by atoms with E-state index in [-0.39, 0.29) is 33.5 Å². The molecule has 1 aliphatic carbocycles. The molecule has 0 aromatic heterocycles. The number of hydrogen-bond donors (Lipinski definition) is 2. The van der Waals surface area contributed by atoms with Gasteiger partial charge in [0.1, 0.15) is 0 Å². The molecule has 1 heterocycles. The van der Waals surface area contributed by atoms with Crippen molar-refractivity contribution < 1.29 is 8.42 Å². The molecular weight excluding hydrogens is 522 g/mol. The van der Waals surface area contributed by atoms with Gasteiger partial charge < -0.3 is 5.32 Å². The summed E-state index contributed by atoms with van der Waals surface area (Å²) in [4.78, 5) is 0.168. The summed E-state index contributed by atoms with van der Waals surface area (Å²) in [5, 5.41) is 5.27. The van der Waals surface area contributed by atoms with Crippen LogP contribution in [0, 0.1) is 5.92 Å². The van der Waals surface area contributed by atoms with Crippen molar-refractivity contribution in [1.82, 2.24) is 0 Å². The van der Waals surface area contributed by atoms with E-state index in [1.807, 2.05) is 12.1 Å². The minimum atomic E-state index is -3.85. The Morgan fingerprint density at radius 2 is 1.70 bits per heavy atom. The molecule has 33 heavy (non-hydrogen) atoms. The van der Waals surface area contributed by atoms with Gasteiger partial charge in [0.2, 0.25) is 0 Å². The van der Waals surface area contributed by atoms with E-state index in [1.165, 1.54) is 6.07 Å². The molecule has 9 heteroatoms. The summed E-state index contributed by atoms with van der Waals surface area (Å²) in [5.41, 5.74) is 3.15. The third kappa shape index (κ3) is 4.33. The number of anilines is 2. The topological polar surface area (TPSA) is 58.2 Å². The summed E-state index contributed by atoms with van der Waals surface area (Å²) in [6.07, 6.45) is 5.16. The van der Waals surface area contributed by atoms with Crippen LogP contribution in [-0.2, 0) is 10.0 Å². The SMILES string of the molecule is O=S(=O)(Nc1ccc(Cl)cc1Cl)c1ccc2c(c1)[C@H]1C=CC[C@H]1[C@@H](c1ccc(Cl)c(Cl)c1)N2. The Kier molecular flexibility index (Phi) is 6.04. The molecule has 3 aromatic carbocycles. The molecule has 4 nitrogen and oxygen atoms in total. The number of sulfonamides is 1. The van der Waals surface area contributed by atoms with Crippen LogP contribution < -0.4 is 10.0 Å². The van der Waals surface area contributed by atoms with Crippen LogP contribution in [0.1, 0.15) is 29.5 Å². The van der Waals surface area contributed by atoms with E-state index in [0.717, 1.165) is 23.2 Å². The van der Waals surface area contributed by atoms with E-state index in [0.29, 0.717) is 15.1 Å². The Balaban J connectivity index is 1.49. The molecular formula is C24H18Cl4N2O2S. The number of fused-ring (bicyclic) bond motifs is 3. The zero-order valence-corrected chi connectivity index (χ0v) is 20.9. The number of benzene rings is 3. The predicted molar refractivity (Wildman–Crippen MR) is 137 cm³/mol. The Hall–Kier alpha value is -1.89. The number of rotatable bonds is 4. The first-order valence-corrected chi connectivity index (χ1v) is 13.2. The molecule has 0 amide bonds. The maximum atomic E-state index is 13.1. The molecule has 3 aromatic rings. The highest BCUT2D eigenvalue weighted by Gasteiger charge is 2.38. The van der Waals surface area contributed by atoms with Crippen LogP contribution >= 0.6 is 46.4 Å². The number of hydrogen-bond acceptors (Lipinski definition) is 3. The molecule has 0 radical (unpaired) electrons. The fourth-order valence-corrected chi connectivity index (χ4v) is 6.48. The lowest BCUT2D eigenvalue weighted by Crippen LogP contribution is -2.29. The van der Waals surface area contributed by atoms with E-state index >= 15 is 0 Å². The molecule has 0 unspecified atom stereocenters. The van der Waals surface area contributed by atoms with Gasteiger partial charge in [-0.15, -0.1) is 0 Å². The van der Waals surface area contributed by atoms with Gasteiger partial charge in [-0.1, -0.05) is 64.6 Å². The second kappa shape index (κ2) is 8.71. The van der Waals surface area contributed by atoms with Gasteiger partial charge in [-0.3, -0.25) is 4.72 Å². The molecule has 2 N–H and O–H groups in total. The maximum absolute atomic E-state index is 13.1. The lowest BCUT2D eigenvalue weighted by atomic mass is 9.77. The molecule has 3 atom stereocenters. The maximum Gasteiger partial charge on any atom is 0.261 e. The van der Waals surface area contributed by atoms with Crippen molar-refractivity contribution in [2.45, 2.75) is 23.3 Å². The highest BCUT2D eigenvalue weighted by molar-refractivity contribution is 7.92.